The van der Waals surface area contributed by atoms with E-state index in [1.54, 1.807) is 6.92 Å². The first-order valence-corrected chi connectivity index (χ1v) is 12.0. The van der Waals surface area contributed by atoms with Gasteiger partial charge in [-0.25, -0.2) is 9.50 Å². The van der Waals surface area contributed by atoms with Crippen LogP contribution < -0.4 is 0 Å². The lowest BCUT2D eigenvalue weighted by Gasteiger charge is -2.31. The van der Waals surface area contributed by atoms with E-state index in [9.17, 15) is 4.79 Å². The summed E-state index contributed by atoms with van der Waals surface area (Å²) >= 11 is 0. The summed E-state index contributed by atoms with van der Waals surface area (Å²) in [5.41, 5.74) is 12.0. The van der Waals surface area contributed by atoms with E-state index in [-0.39, 0.29) is 5.78 Å². The molecule has 172 valence electrons. The number of piperidine rings is 1. The van der Waals surface area contributed by atoms with Crippen molar-refractivity contribution in [2.24, 2.45) is 0 Å². The first-order chi connectivity index (χ1) is 16.5. The van der Waals surface area contributed by atoms with Gasteiger partial charge in [0.2, 0.25) is 0 Å². The van der Waals surface area contributed by atoms with Gasteiger partial charge in [-0.2, -0.15) is 5.10 Å². The molecule has 1 saturated heterocycles. The molecule has 0 amide bonds. The lowest BCUT2D eigenvalue weighted by atomic mass is 9.90. The van der Waals surface area contributed by atoms with Crippen molar-refractivity contribution >= 4 is 29.2 Å². The number of carbonyl (C=O) groups is 1. The second-order valence-electron chi connectivity index (χ2n) is 9.28. The average molecular weight is 451 g/mol. The number of benzene rings is 1. The number of allylic oxidation sites excluding steroid dienone is 2. The van der Waals surface area contributed by atoms with E-state index in [0.717, 1.165) is 66.1 Å². The third-order valence-corrected chi connectivity index (χ3v) is 6.94. The molecule has 34 heavy (non-hydrogen) atoms. The largest absolute Gasteiger partial charge is 0.299 e. The van der Waals surface area contributed by atoms with Crippen molar-refractivity contribution in [3.8, 4) is 0 Å². The first-order valence-electron chi connectivity index (χ1n) is 12.0. The quantitative estimate of drug-likeness (QED) is 0.498. The number of aromatic nitrogens is 3. The molecule has 0 radical (unpaired) electrons. The van der Waals surface area contributed by atoms with Crippen LogP contribution in [0.4, 0.5) is 0 Å². The molecule has 0 atom stereocenters. The SMILES string of the molecule is C=Cc1c(C)c(C2CCN(CC(C)=O)CC2)nc2c(C3=Cc4ccccc4CC=C=C3)cnn12. The van der Waals surface area contributed by atoms with Crippen molar-refractivity contribution in [3.05, 3.63) is 88.6 Å². The molecular weight excluding hydrogens is 420 g/mol. The minimum atomic E-state index is 0.225. The smallest absolute Gasteiger partial charge is 0.163 e. The van der Waals surface area contributed by atoms with Crippen LogP contribution in [-0.2, 0) is 11.2 Å². The zero-order valence-electron chi connectivity index (χ0n) is 19.9. The Morgan fingerprint density at radius 2 is 2.06 bits per heavy atom. The minimum Gasteiger partial charge on any atom is -0.299 e. The average Bonchev–Trinajstić information content (AvgIpc) is 3.23. The van der Waals surface area contributed by atoms with Crippen LogP contribution in [0, 0.1) is 6.92 Å². The predicted octanol–water partition coefficient (Wildman–Crippen LogP) is 5.26. The summed E-state index contributed by atoms with van der Waals surface area (Å²) in [6.45, 7) is 10.2. The fourth-order valence-corrected chi connectivity index (χ4v) is 5.18. The third kappa shape index (κ3) is 4.21. The highest BCUT2D eigenvalue weighted by atomic mass is 16.1. The van der Waals surface area contributed by atoms with Gasteiger partial charge in [-0.05, 0) is 92.8 Å². The molecule has 0 N–H and O–H groups in total. The van der Waals surface area contributed by atoms with Crippen molar-refractivity contribution in [1.82, 2.24) is 19.5 Å². The summed E-state index contributed by atoms with van der Waals surface area (Å²) < 4.78 is 1.91. The molecule has 3 heterocycles. The van der Waals surface area contributed by atoms with Gasteiger partial charge in [-0.1, -0.05) is 30.8 Å². The topological polar surface area (TPSA) is 50.5 Å². The molecule has 3 aromatic rings. The van der Waals surface area contributed by atoms with Crippen LogP contribution in [0.3, 0.4) is 0 Å². The number of rotatable bonds is 5. The highest BCUT2D eigenvalue weighted by molar-refractivity contribution is 5.92. The summed E-state index contributed by atoms with van der Waals surface area (Å²) in [4.78, 5) is 19.0. The summed E-state index contributed by atoms with van der Waals surface area (Å²) in [7, 11) is 0. The van der Waals surface area contributed by atoms with Gasteiger partial charge in [0, 0.05) is 11.5 Å². The maximum Gasteiger partial charge on any atom is 0.163 e. The number of nitrogens with zero attached hydrogens (tertiary/aromatic N) is 4. The van der Waals surface area contributed by atoms with Crippen LogP contribution in [-0.4, -0.2) is 44.9 Å². The molecule has 0 spiro atoms. The molecule has 5 heteroatoms. The van der Waals surface area contributed by atoms with Crippen molar-refractivity contribution < 1.29 is 4.79 Å². The summed E-state index contributed by atoms with van der Waals surface area (Å²) in [6.07, 6.45) is 13.0. The molecule has 0 bridgehead atoms. The predicted molar refractivity (Wildman–Crippen MR) is 138 cm³/mol. The maximum atomic E-state index is 11.5. The number of Topliss-reactive ketones (excluding diaryl/α,β-unsaturated/α-hetero) is 1. The van der Waals surface area contributed by atoms with Crippen molar-refractivity contribution in [2.75, 3.05) is 19.6 Å². The summed E-state index contributed by atoms with van der Waals surface area (Å²) in [6, 6.07) is 8.47. The van der Waals surface area contributed by atoms with Gasteiger partial charge in [-0.15, -0.1) is 5.73 Å². The number of fused-ring (bicyclic) bond motifs is 2. The van der Waals surface area contributed by atoms with E-state index < -0.39 is 0 Å². The van der Waals surface area contributed by atoms with Crippen LogP contribution in [0.25, 0.3) is 23.4 Å². The second-order valence-corrected chi connectivity index (χ2v) is 9.28. The number of hydrogen-bond acceptors (Lipinski definition) is 4. The zero-order valence-corrected chi connectivity index (χ0v) is 19.9. The lowest BCUT2D eigenvalue weighted by Crippen LogP contribution is -2.36. The molecule has 0 unspecified atom stereocenters. The van der Waals surface area contributed by atoms with E-state index in [1.807, 2.05) is 22.9 Å². The molecule has 0 saturated carbocycles. The molecule has 1 aliphatic carbocycles. The fraction of sp³-hybridized carbons (Fsp3) is 0.310. The number of likely N-dealkylation sites (tertiary alicyclic amines) is 1. The summed E-state index contributed by atoms with van der Waals surface area (Å²) in [5, 5.41) is 4.70. The van der Waals surface area contributed by atoms with Crippen LogP contribution in [0.1, 0.15) is 59.3 Å². The molecular formula is C29H30N4O. The second kappa shape index (κ2) is 9.38. The molecule has 1 fully saturated rings. The molecule has 5 rings (SSSR count). The Morgan fingerprint density at radius 1 is 1.26 bits per heavy atom. The van der Waals surface area contributed by atoms with E-state index in [1.165, 1.54) is 11.1 Å². The maximum absolute atomic E-state index is 11.5. The number of carbonyl (C=O) groups excluding carboxylic acids is 1. The molecule has 1 aromatic carbocycles. The van der Waals surface area contributed by atoms with Crippen molar-refractivity contribution in [3.63, 3.8) is 0 Å². The van der Waals surface area contributed by atoms with Gasteiger partial charge in [-0.3, -0.25) is 9.69 Å². The van der Waals surface area contributed by atoms with Crippen molar-refractivity contribution in [2.45, 2.75) is 39.0 Å². The Hall–Kier alpha value is -3.53. The Labute approximate surface area is 200 Å². The van der Waals surface area contributed by atoms with E-state index in [0.29, 0.717) is 12.5 Å². The minimum absolute atomic E-state index is 0.225. The molecule has 5 nitrogen and oxygen atoms in total. The van der Waals surface area contributed by atoms with Crippen LogP contribution in [0.5, 0.6) is 0 Å². The van der Waals surface area contributed by atoms with Crippen molar-refractivity contribution in [1.29, 1.82) is 0 Å². The summed E-state index contributed by atoms with van der Waals surface area (Å²) in [5.74, 6) is 0.584. The fourth-order valence-electron chi connectivity index (χ4n) is 5.18. The van der Waals surface area contributed by atoms with Crippen LogP contribution in [0.15, 0.2) is 54.9 Å². The Morgan fingerprint density at radius 3 is 2.82 bits per heavy atom. The number of ketones is 1. The van der Waals surface area contributed by atoms with Gasteiger partial charge >= 0.3 is 0 Å². The van der Waals surface area contributed by atoms with Gasteiger partial charge in [0.25, 0.3) is 0 Å². The van der Waals surface area contributed by atoms with Gasteiger partial charge in [0.15, 0.2) is 5.65 Å². The standard InChI is InChI=1S/C29H30N4O/c1-4-27-21(3)28(23-13-15-32(16-14-23)19-20(2)34)31-29-26(18-30-33(27)29)25-12-8-6-10-22-9-5-7-11-24(22)17-25/h4-7,9,11-12,17-18,23H,1,10,13-16,19H2,2-3H3. The van der Waals surface area contributed by atoms with E-state index >= 15 is 0 Å². The van der Waals surface area contributed by atoms with Gasteiger partial charge < -0.3 is 0 Å². The molecule has 1 aliphatic heterocycles. The van der Waals surface area contributed by atoms with E-state index in [4.69, 9.17) is 10.1 Å². The molecule has 2 aromatic heterocycles. The highest BCUT2D eigenvalue weighted by Gasteiger charge is 2.26. The first kappa shape index (κ1) is 22.3. The Balaban J connectivity index is 1.58. The third-order valence-electron chi connectivity index (χ3n) is 6.94. The van der Waals surface area contributed by atoms with Gasteiger partial charge in [0.05, 0.1) is 24.1 Å². The zero-order chi connectivity index (χ0) is 23.7. The number of hydrogen-bond donors (Lipinski definition) is 0. The monoisotopic (exact) mass is 450 g/mol. The highest BCUT2D eigenvalue weighted by Crippen LogP contribution is 2.33. The van der Waals surface area contributed by atoms with Gasteiger partial charge in [0.1, 0.15) is 5.78 Å². The van der Waals surface area contributed by atoms with Crippen LogP contribution >= 0.6 is 0 Å². The molecule has 2 aliphatic rings. The lowest BCUT2D eigenvalue weighted by molar-refractivity contribution is -0.118. The van der Waals surface area contributed by atoms with E-state index in [2.05, 4.69) is 60.6 Å². The normalized spacial score (nSPS) is 16.7. The van der Waals surface area contributed by atoms with Crippen LogP contribution in [0.2, 0.25) is 0 Å². The Kier molecular flexibility index (Phi) is 6.14. The Bertz CT molecular complexity index is 1360.